The van der Waals surface area contributed by atoms with Crippen molar-refractivity contribution < 1.29 is 0 Å². The van der Waals surface area contributed by atoms with Crippen LogP contribution in [0.15, 0.2) is 72.8 Å². The van der Waals surface area contributed by atoms with E-state index in [1.807, 2.05) is 0 Å². The third-order valence-corrected chi connectivity index (χ3v) is 23.9. The molecule has 0 saturated carbocycles. The average molecular weight is 639 g/mol. The molecule has 0 aliphatic rings. The lowest BCUT2D eigenvalue weighted by molar-refractivity contribution is 0.838. The Hall–Kier alpha value is -3.31. The molecule has 238 valence electrons. The molecule has 0 atom stereocenters. The van der Waals surface area contributed by atoms with Gasteiger partial charge in [0.25, 0.3) is 0 Å². The predicted molar refractivity (Wildman–Crippen MR) is 212 cm³/mol. The Morgan fingerprint density at radius 3 is 0.826 bits per heavy atom. The Morgan fingerprint density at radius 1 is 0.326 bits per heavy atom. The quantitative estimate of drug-likeness (QED) is 0.0986. The van der Waals surface area contributed by atoms with Crippen molar-refractivity contribution in [3.63, 3.8) is 0 Å². The molecule has 0 amide bonds. The van der Waals surface area contributed by atoms with Crippen LogP contribution in [-0.4, -0.2) is 16.1 Å². The lowest BCUT2D eigenvalue weighted by atomic mass is 9.96. The third-order valence-electron chi connectivity index (χ3n) is 11.3. The second-order valence-electron chi connectivity index (χ2n) is 15.7. The second-order valence-corrected chi connectivity index (χ2v) is 26.8. The summed E-state index contributed by atoms with van der Waals surface area (Å²) in [7, 11) is -3.55. The lowest BCUT2D eigenvalue weighted by Crippen LogP contribution is -2.43. The molecule has 46 heavy (non-hydrogen) atoms. The van der Waals surface area contributed by atoms with Gasteiger partial charge in [-0.05, 0) is 137 Å². The third kappa shape index (κ3) is 6.08. The van der Waals surface area contributed by atoms with Gasteiger partial charge in [0, 0.05) is 11.1 Å². The molecule has 0 saturated heterocycles. The largest absolute Gasteiger partial charge is 0.146 e. The van der Waals surface area contributed by atoms with Gasteiger partial charge in [0.1, 0.15) is 16.1 Å². The van der Waals surface area contributed by atoms with E-state index in [-0.39, 0.29) is 0 Å². The molecule has 0 aromatic heterocycles. The maximum Gasteiger partial charge on any atom is 0.146 e. The Morgan fingerprint density at radius 2 is 0.565 bits per heavy atom. The van der Waals surface area contributed by atoms with Gasteiger partial charge in [-0.25, -0.2) is 0 Å². The molecule has 0 nitrogen and oxygen atoms in total. The molecule has 0 N–H and O–H groups in total. The first-order valence-corrected chi connectivity index (χ1v) is 22.1. The van der Waals surface area contributed by atoms with Crippen molar-refractivity contribution >= 4 is 59.2 Å². The summed E-state index contributed by atoms with van der Waals surface area (Å²) >= 11 is 0. The number of hydrogen-bond donors (Lipinski definition) is 0. The Balaban J connectivity index is 1.55. The van der Waals surface area contributed by atoms with Crippen molar-refractivity contribution in [1.82, 2.24) is 0 Å². The molecule has 5 aromatic rings. The summed E-state index contributed by atoms with van der Waals surface area (Å²) in [5, 5.41) is 10.2. The van der Waals surface area contributed by atoms with Gasteiger partial charge >= 0.3 is 0 Å². The maximum atomic E-state index is 3.91. The van der Waals surface area contributed by atoms with Crippen LogP contribution in [0.5, 0.6) is 0 Å². The number of rotatable bonds is 6. The Kier molecular flexibility index (Phi) is 9.67. The van der Waals surface area contributed by atoms with Gasteiger partial charge in [-0.1, -0.05) is 107 Å². The minimum absolute atomic E-state index is 0.633. The maximum absolute atomic E-state index is 3.91. The van der Waals surface area contributed by atoms with Crippen LogP contribution in [0.3, 0.4) is 0 Å². The van der Waals surface area contributed by atoms with Crippen LogP contribution in [-0.2, 0) is 0 Å². The zero-order valence-corrected chi connectivity index (χ0v) is 32.4. The average Bonchev–Trinajstić information content (AvgIpc) is 2.97. The van der Waals surface area contributed by atoms with Crippen molar-refractivity contribution in [3.05, 3.63) is 83.9 Å². The first-order chi connectivity index (χ1) is 21.7. The number of benzene rings is 5. The van der Waals surface area contributed by atoms with Crippen LogP contribution in [0, 0.1) is 22.9 Å². The first-order valence-electron chi connectivity index (χ1n) is 17.6. The van der Waals surface area contributed by atoms with Gasteiger partial charge < -0.3 is 0 Å². The minimum Gasteiger partial charge on any atom is -0.125 e. The van der Waals surface area contributed by atoms with E-state index in [1.54, 1.807) is 0 Å². The Bertz CT molecular complexity index is 1840. The van der Waals surface area contributed by atoms with Gasteiger partial charge in [0.05, 0.1) is 0 Å². The summed E-state index contributed by atoms with van der Waals surface area (Å²) in [6.45, 7) is 28.6. The molecule has 0 fully saturated rings. The monoisotopic (exact) mass is 638 g/mol. The molecule has 5 rings (SSSR count). The molecule has 0 unspecified atom stereocenters. The van der Waals surface area contributed by atoms with Gasteiger partial charge in [-0.3, -0.25) is 0 Å². The van der Waals surface area contributed by atoms with E-state index >= 15 is 0 Å². The van der Waals surface area contributed by atoms with Crippen LogP contribution in [0.4, 0.5) is 0 Å². The van der Waals surface area contributed by atoms with Crippen LogP contribution in [0.25, 0.3) is 43.1 Å². The standard InChI is InChI=1S/C44H54Si2/c1-29(2)45(30(3)4,31(5)6)19-17-35-13-15-37-23-41-28-44-26-40-22-36(18-20-46(32(7)8,33(9)10)34(11)12)14-16-38(40)24-42(44)27-43(41)25-39(37)21-35/h13-16,21-34H,1-12H3. The summed E-state index contributed by atoms with van der Waals surface area (Å²) in [5.74, 6) is 7.32. The normalized spacial score (nSPS) is 12.7. The fourth-order valence-corrected chi connectivity index (χ4v) is 19.3. The van der Waals surface area contributed by atoms with E-state index in [2.05, 4.69) is 179 Å². The van der Waals surface area contributed by atoms with Crippen LogP contribution in [0.2, 0.25) is 33.2 Å². The van der Waals surface area contributed by atoms with E-state index in [4.69, 9.17) is 0 Å². The van der Waals surface area contributed by atoms with Gasteiger partial charge in [0.15, 0.2) is 0 Å². The second kappa shape index (κ2) is 13.1. The van der Waals surface area contributed by atoms with Crippen LogP contribution >= 0.6 is 0 Å². The fourth-order valence-electron chi connectivity index (χ4n) is 8.88. The van der Waals surface area contributed by atoms with Crippen molar-refractivity contribution in [2.45, 2.75) is 116 Å². The van der Waals surface area contributed by atoms with Crippen molar-refractivity contribution in [1.29, 1.82) is 0 Å². The van der Waals surface area contributed by atoms with Gasteiger partial charge in [0.2, 0.25) is 0 Å². The summed E-state index contributed by atoms with van der Waals surface area (Å²) in [6, 6.07) is 27.6. The predicted octanol–water partition coefficient (Wildman–Crippen LogP) is 13.4. The first kappa shape index (κ1) is 34.0. The molecule has 0 spiro atoms. The minimum atomic E-state index is -1.77. The highest BCUT2D eigenvalue weighted by Gasteiger charge is 2.42. The summed E-state index contributed by atoms with van der Waals surface area (Å²) < 4.78 is 0. The van der Waals surface area contributed by atoms with Gasteiger partial charge in [-0.15, -0.1) is 11.1 Å². The summed E-state index contributed by atoms with van der Waals surface area (Å²) in [4.78, 5) is 0. The molecule has 0 bridgehead atoms. The van der Waals surface area contributed by atoms with Crippen LogP contribution in [0.1, 0.15) is 94.2 Å². The molecular formula is C44H54Si2. The van der Waals surface area contributed by atoms with E-state index in [0.29, 0.717) is 33.2 Å². The molecule has 0 heterocycles. The number of fused-ring (bicyclic) bond motifs is 4. The zero-order chi connectivity index (χ0) is 33.6. The topological polar surface area (TPSA) is 0 Å². The number of hydrogen-bond acceptors (Lipinski definition) is 0. The van der Waals surface area contributed by atoms with E-state index in [0.717, 1.165) is 11.1 Å². The van der Waals surface area contributed by atoms with E-state index in [9.17, 15) is 0 Å². The van der Waals surface area contributed by atoms with E-state index < -0.39 is 16.1 Å². The summed E-state index contributed by atoms with van der Waals surface area (Å²) in [6.07, 6.45) is 0. The molecule has 0 aliphatic heterocycles. The van der Waals surface area contributed by atoms with Crippen LogP contribution < -0.4 is 0 Å². The molecular weight excluding hydrogens is 585 g/mol. The fraction of sp³-hybridized carbons (Fsp3) is 0.409. The van der Waals surface area contributed by atoms with E-state index in [1.165, 1.54) is 43.1 Å². The van der Waals surface area contributed by atoms with Crippen molar-refractivity contribution in [2.75, 3.05) is 0 Å². The highest BCUT2D eigenvalue weighted by atomic mass is 28.3. The lowest BCUT2D eigenvalue weighted by Gasteiger charge is -2.38. The van der Waals surface area contributed by atoms with Crippen molar-refractivity contribution in [3.8, 4) is 22.9 Å². The Labute approximate surface area is 281 Å². The van der Waals surface area contributed by atoms with Crippen molar-refractivity contribution in [2.24, 2.45) is 0 Å². The molecule has 2 heteroatoms. The molecule has 5 aromatic carbocycles. The zero-order valence-electron chi connectivity index (χ0n) is 30.4. The highest BCUT2D eigenvalue weighted by molar-refractivity contribution is 6.91. The molecule has 0 radical (unpaired) electrons. The smallest absolute Gasteiger partial charge is 0.125 e. The molecule has 0 aliphatic carbocycles. The summed E-state index contributed by atoms with van der Waals surface area (Å²) in [5.41, 5.74) is 13.9. The van der Waals surface area contributed by atoms with Gasteiger partial charge in [-0.2, -0.15) is 0 Å². The highest BCUT2D eigenvalue weighted by Crippen LogP contribution is 2.42. The SMILES string of the molecule is CC(C)[Si](C#Cc1ccc2cc3cc4cc5cc(C#C[Si](C(C)C)(C(C)C)C(C)C)ccc5cc4cc3cc2c1)(C(C)C)C(C)C.